The van der Waals surface area contributed by atoms with Crippen molar-refractivity contribution >= 4 is 11.6 Å². The highest BCUT2D eigenvalue weighted by molar-refractivity contribution is 6.30. The predicted octanol–water partition coefficient (Wildman–Crippen LogP) is 3.27. The predicted molar refractivity (Wildman–Crippen MR) is 72.6 cm³/mol. The molecule has 0 spiro atoms. The van der Waals surface area contributed by atoms with E-state index >= 15 is 0 Å². The molecule has 3 nitrogen and oxygen atoms in total. The molecule has 0 radical (unpaired) electrons. The lowest BCUT2D eigenvalue weighted by Crippen LogP contribution is -2.14. The Hall–Kier alpha value is -1.32. The van der Waals surface area contributed by atoms with E-state index < -0.39 is 6.10 Å². The van der Waals surface area contributed by atoms with Crippen molar-refractivity contribution in [1.29, 1.82) is 0 Å². The molecule has 4 heteroatoms. The molecular weight excluding hydrogens is 248 g/mol. The quantitative estimate of drug-likeness (QED) is 0.920. The van der Waals surface area contributed by atoms with Crippen molar-refractivity contribution in [2.45, 2.75) is 26.5 Å². The first-order chi connectivity index (χ1) is 8.58. The topological polar surface area (TPSA) is 38.1 Å². The lowest BCUT2D eigenvalue weighted by atomic mass is 10.0. The number of halogens is 1. The number of aliphatic hydroxyl groups is 1. The van der Waals surface area contributed by atoms with Gasteiger partial charge in [0.2, 0.25) is 0 Å². The summed E-state index contributed by atoms with van der Waals surface area (Å²) < 4.78 is 1.82. The Morgan fingerprint density at radius 2 is 2.11 bits per heavy atom. The van der Waals surface area contributed by atoms with Crippen LogP contribution in [-0.4, -0.2) is 14.9 Å². The molecule has 0 aliphatic carbocycles. The summed E-state index contributed by atoms with van der Waals surface area (Å²) in [7, 11) is 0. The molecule has 0 aliphatic rings. The number of nitrogens with zero attached hydrogens (tertiary/aromatic N) is 2. The molecule has 0 saturated heterocycles. The van der Waals surface area contributed by atoms with Gasteiger partial charge in [-0.1, -0.05) is 37.6 Å². The Balaban J connectivity index is 2.22. The van der Waals surface area contributed by atoms with E-state index in [0.29, 0.717) is 11.6 Å². The van der Waals surface area contributed by atoms with Crippen LogP contribution in [0.5, 0.6) is 0 Å². The van der Waals surface area contributed by atoms with Gasteiger partial charge in [-0.25, -0.2) is 0 Å². The molecule has 0 aliphatic heterocycles. The largest absolute Gasteiger partial charge is 0.387 e. The number of rotatable bonds is 4. The van der Waals surface area contributed by atoms with E-state index in [-0.39, 0.29) is 5.92 Å². The molecule has 1 aromatic carbocycles. The fraction of sp³-hybridized carbons (Fsp3) is 0.357. The Morgan fingerprint density at radius 1 is 1.33 bits per heavy atom. The summed E-state index contributed by atoms with van der Waals surface area (Å²) in [6, 6.07) is 9.53. The SMILES string of the molecule is CC(C)C(O)c1ccnn1Cc1cccc(Cl)c1. The molecule has 1 heterocycles. The average Bonchev–Trinajstić information content (AvgIpc) is 2.76. The minimum absolute atomic E-state index is 0.166. The highest BCUT2D eigenvalue weighted by atomic mass is 35.5. The Bertz CT molecular complexity index is 522. The second-order valence-corrected chi connectivity index (χ2v) is 5.17. The van der Waals surface area contributed by atoms with E-state index in [1.54, 1.807) is 6.20 Å². The van der Waals surface area contributed by atoms with Crippen molar-refractivity contribution in [3.05, 3.63) is 52.8 Å². The van der Waals surface area contributed by atoms with E-state index in [9.17, 15) is 5.11 Å². The highest BCUT2D eigenvalue weighted by Crippen LogP contribution is 2.22. The zero-order valence-corrected chi connectivity index (χ0v) is 11.3. The summed E-state index contributed by atoms with van der Waals surface area (Å²) >= 11 is 5.96. The van der Waals surface area contributed by atoms with E-state index in [0.717, 1.165) is 11.3 Å². The number of aliphatic hydroxyl groups excluding tert-OH is 1. The zero-order valence-electron chi connectivity index (χ0n) is 10.5. The Kier molecular flexibility index (Phi) is 4.04. The van der Waals surface area contributed by atoms with Gasteiger partial charge < -0.3 is 5.11 Å². The van der Waals surface area contributed by atoms with Crippen LogP contribution in [0.4, 0.5) is 0 Å². The molecular formula is C14H17ClN2O. The summed E-state index contributed by atoms with van der Waals surface area (Å²) in [6.07, 6.45) is 1.22. The van der Waals surface area contributed by atoms with Gasteiger partial charge in [-0.15, -0.1) is 0 Å². The van der Waals surface area contributed by atoms with Gasteiger partial charge in [0.15, 0.2) is 0 Å². The molecule has 1 N–H and O–H groups in total. The number of benzene rings is 1. The minimum atomic E-state index is -0.494. The van der Waals surface area contributed by atoms with E-state index in [1.807, 2.05) is 48.9 Å². The first-order valence-electron chi connectivity index (χ1n) is 6.02. The normalized spacial score (nSPS) is 12.9. The average molecular weight is 265 g/mol. The van der Waals surface area contributed by atoms with Crippen LogP contribution in [0.3, 0.4) is 0 Å². The van der Waals surface area contributed by atoms with Crippen LogP contribution < -0.4 is 0 Å². The van der Waals surface area contributed by atoms with Gasteiger partial charge in [-0.3, -0.25) is 4.68 Å². The van der Waals surface area contributed by atoms with Gasteiger partial charge in [0, 0.05) is 11.2 Å². The zero-order chi connectivity index (χ0) is 13.1. The van der Waals surface area contributed by atoms with E-state index in [4.69, 9.17) is 11.6 Å². The molecule has 2 rings (SSSR count). The number of hydrogen-bond acceptors (Lipinski definition) is 2. The smallest absolute Gasteiger partial charge is 0.0979 e. The van der Waals surface area contributed by atoms with Crippen LogP contribution in [0.1, 0.15) is 31.2 Å². The molecule has 2 aromatic rings. The summed E-state index contributed by atoms with van der Waals surface area (Å²) in [6.45, 7) is 4.59. The van der Waals surface area contributed by atoms with Gasteiger partial charge in [0.25, 0.3) is 0 Å². The van der Waals surface area contributed by atoms with Crippen molar-refractivity contribution in [1.82, 2.24) is 9.78 Å². The molecule has 0 fully saturated rings. The molecule has 0 saturated carbocycles. The van der Waals surface area contributed by atoms with Crippen LogP contribution in [0.2, 0.25) is 5.02 Å². The fourth-order valence-corrected chi connectivity index (χ4v) is 2.09. The third-order valence-electron chi connectivity index (χ3n) is 2.91. The summed E-state index contributed by atoms with van der Waals surface area (Å²) in [4.78, 5) is 0. The molecule has 96 valence electrons. The molecule has 0 bridgehead atoms. The second-order valence-electron chi connectivity index (χ2n) is 4.73. The maximum atomic E-state index is 10.1. The van der Waals surface area contributed by atoms with Crippen LogP contribution in [0, 0.1) is 5.92 Å². The van der Waals surface area contributed by atoms with Crippen molar-refractivity contribution in [2.75, 3.05) is 0 Å². The lowest BCUT2D eigenvalue weighted by Gasteiger charge is -2.16. The summed E-state index contributed by atoms with van der Waals surface area (Å²) in [5.74, 6) is 0.166. The van der Waals surface area contributed by atoms with E-state index in [2.05, 4.69) is 5.10 Å². The third kappa shape index (κ3) is 2.92. The van der Waals surface area contributed by atoms with Crippen LogP contribution in [0.15, 0.2) is 36.5 Å². The van der Waals surface area contributed by atoms with E-state index in [1.165, 1.54) is 0 Å². The monoisotopic (exact) mass is 264 g/mol. The van der Waals surface area contributed by atoms with Gasteiger partial charge >= 0.3 is 0 Å². The fourth-order valence-electron chi connectivity index (χ4n) is 1.88. The molecule has 1 aromatic heterocycles. The van der Waals surface area contributed by atoms with Crippen molar-refractivity contribution < 1.29 is 5.11 Å². The van der Waals surface area contributed by atoms with Gasteiger partial charge in [0.1, 0.15) is 0 Å². The standard InChI is InChI=1S/C14H17ClN2O/c1-10(2)14(18)13-6-7-16-17(13)9-11-4-3-5-12(15)8-11/h3-8,10,14,18H,9H2,1-2H3. The van der Waals surface area contributed by atoms with Crippen LogP contribution in [0.25, 0.3) is 0 Å². The van der Waals surface area contributed by atoms with Crippen LogP contribution in [-0.2, 0) is 6.54 Å². The first-order valence-corrected chi connectivity index (χ1v) is 6.40. The Morgan fingerprint density at radius 3 is 2.78 bits per heavy atom. The first kappa shape index (κ1) is 13.1. The summed E-state index contributed by atoms with van der Waals surface area (Å²) in [5, 5.41) is 15.1. The molecule has 18 heavy (non-hydrogen) atoms. The van der Waals surface area contributed by atoms with Gasteiger partial charge in [0.05, 0.1) is 18.3 Å². The van der Waals surface area contributed by atoms with Crippen molar-refractivity contribution in [3.63, 3.8) is 0 Å². The van der Waals surface area contributed by atoms with Gasteiger partial charge in [-0.05, 0) is 29.7 Å². The third-order valence-corrected chi connectivity index (χ3v) is 3.14. The maximum absolute atomic E-state index is 10.1. The van der Waals surface area contributed by atoms with Crippen LogP contribution >= 0.6 is 11.6 Å². The van der Waals surface area contributed by atoms with Crippen molar-refractivity contribution in [3.8, 4) is 0 Å². The summed E-state index contributed by atoms with van der Waals surface area (Å²) in [5.41, 5.74) is 1.91. The molecule has 1 unspecified atom stereocenters. The maximum Gasteiger partial charge on any atom is 0.0979 e. The van der Waals surface area contributed by atoms with Gasteiger partial charge in [-0.2, -0.15) is 5.10 Å². The lowest BCUT2D eigenvalue weighted by molar-refractivity contribution is 0.117. The molecule has 0 amide bonds. The van der Waals surface area contributed by atoms with Crippen molar-refractivity contribution in [2.24, 2.45) is 5.92 Å². The highest BCUT2D eigenvalue weighted by Gasteiger charge is 2.16. The number of hydrogen-bond donors (Lipinski definition) is 1. The minimum Gasteiger partial charge on any atom is -0.387 e. The Labute approximate surface area is 112 Å². The number of aromatic nitrogens is 2. The molecule has 1 atom stereocenters. The second kappa shape index (κ2) is 5.55.